The van der Waals surface area contributed by atoms with Crippen molar-refractivity contribution in [2.75, 3.05) is 13.7 Å². The van der Waals surface area contributed by atoms with Crippen molar-refractivity contribution in [2.24, 2.45) is 5.73 Å². The lowest BCUT2D eigenvalue weighted by atomic mass is 10.1. The number of benzene rings is 2. The molecule has 0 aliphatic carbocycles. The van der Waals surface area contributed by atoms with Crippen molar-refractivity contribution in [2.45, 2.75) is 12.9 Å². The first kappa shape index (κ1) is 19.6. The van der Waals surface area contributed by atoms with E-state index in [1.807, 2.05) is 18.2 Å². The van der Waals surface area contributed by atoms with Gasteiger partial charge in [-0.15, -0.1) is 0 Å². The van der Waals surface area contributed by atoms with Crippen molar-refractivity contribution in [3.05, 3.63) is 64.2 Å². The second-order valence-electron chi connectivity index (χ2n) is 5.61. The average Bonchev–Trinajstić information content (AvgIpc) is 2.68. The topological polar surface area (TPSA) is 66.6 Å². The Balaban J connectivity index is 1.77. The molecule has 0 amide bonds. The van der Waals surface area contributed by atoms with Gasteiger partial charge in [-0.2, -0.15) is 4.39 Å². The van der Waals surface area contributed by atoms with Gasteiger partial charge in [0, 0.05) is 17.9 Å². The lowest BCUT2D eigenvalue weighted by Gasteiger charge is -2.16. The highest BCUT2D eigenvalue weighted by atomic mass is 35.5. The molecule has 8 heteroatoms. The smallest absolute Gasteiger partial charge is 0.255 e. The molecule has 2 aromatic carbocycles. The minimum absolute atomic E-state index is 0.0392. The number of nitrogens with zero attached hydrogens (tertiary/aromatic N) is 1. The predicted octanol–water partition coefficient (Wildman–Crippen LogP) is 4.57. The summed E-state index contributed by atoms with van der Waals surface area (Å²) in [5.74, 6) is -0.210. The van der Waals surface area contributed by atoms with Gasteiger partial charge in [0.25, 0.3) is 5.95 Å². The second kappa shape index (κ2) is 8.71. The first-order chi connectivity index (χ1) is 13.0. The number of pyridine rings is 1. The molecule has 1 atom stereocenters. The third-order valence-corrected chi connectivity index (χ3v) is 4.69. The quantitative estimate of drug-likeness (QED) is 0.456. The van der Waals surface area contributed by atoms with E-state index in [9.17, 15) is 4.39 Å². The van der Waals surface area contributed by atoms with Crippen LogP contribution in [0.25, 0.3) is 10.8 Å². The van der Waals surface area contributed by atoms with E-state index in [2.05, 4.69) is 4.98 Å². The molecule has 3 aromatic rings. The minimum Gasteiger partial charge on any atom is -0.487 e. The van der Waals surface area contributed by atoms with E-state index in [1.165, 1.54) is 13.2 Å². The Kier molecular flexibility index (Phi) is 6.34. The maximum absolute atomic E-state index is 14.1. The van der Waals surface area contributed by atoms with Crippen LogP contribution in [0.4, 0.5) is 4.39 Å². The summed E-state index contributed by atoms with van der Waals surface area (Å²) in [4.78, 5) is 3.86. The zero-order valence-corrected chi connectivity index (χ0v) is 15.9. The SMILES string of the molecule is COC(CN)Oc1ccc(COc2cccc3c(Cl)c(Cl)ccc23)nc1F. The fraction of sp³-hybridized carbons (Fsp3) is 0.211. The van der Waals surface area contributed by atoms with Crippen LogP contribution in [0.15, 0.2) is 42.5 Å². The van der Waals surface area contributed by atoms with Crippen molar-refractivity contribution in [3.63, 3.8) is 0 Å². The molecule has 0 saturated carbocycles. The molecular weight excluding hydrogens is 394 g/mol. The van der Waals surface area contributed by atoms with Crippen molar-refractivity contribution >= 4 is 34.0 Å². The van der Waals surface area contributed by atoms with Crippen LogP contribution in [0.5, 0.6) is 11.5 Å². The fourth-order valence-corrected chi connectivity index (χ4v) is 2.90. The minimum atomic E-state index is -0.764. The maximum Gasteiger partial charge on any atom is 0.255 e. The van der Waals surface area contributed by atoms with E-state index in [4.69, 9.17) is 43.1 Å². The molecule has 0 aliphatic heterocycles. The van der Waals surface area contributed by atoms with Crippen molar-refractivity contribution in [1.29, 1.82) is 0 Å². The average molecular weight is 411 g/mol. The van der Waals surface area contributed by atoms with E-state index < -0.39 is 12.2 Å². The third kappa shape index (κ3) is 4.42. The molecule has 2 N–H and O–H groups in total. The Bertz CT molecular complexity index is 952. The van der Waals surface area contributed by atoms with Gasteiger partial charge in [0.05, 0.1) is 22.3 Å². The van der Waals surface area contributed by atoms with Gasteiger partial charge < -0.3 is 19.9 Å². The molecule has 0 fully saturated rings. The number of rotatable bonds is 7. The summed E-state index contributed by atoms with van der Waals surface area (Å²) in [7, 11) is 1.43. The maximum atomic E-state index is 14.1. The summed E-state index contributed by atoms with van der Waals surface area (Å²) < 4.78 is 30.2. The van der Waals surface area contributed by atoms with E-state index in [1.54, 1.807) is 18.2 Å². The van der Waals surface area contributed by atoms with Crippen LogP contribution < -0.4 is 15.2 Å². The van der Waals surface area contributed by atoms with Crippen LogP contribution in [0.1, 0.15) is 5.69 Å². The van der Waals surface area contributed by atoms with E-state index >= 15 is 0 Å². The Morgan fingerprint density at radius 2 is 1.89 bits per heavy atom. The largest absolute Gasteiger partial charge is 0.487 e. The first-order valence-corrected chi connectivity index (χ1v) is 8.83. The van der Waals surface area contributed by atoms with Gasteiger partial charge in [0.1, 0.15) is 12.4 Å². The Labute approximate surface area is 165 Å². The zero-order chi connectivity index (χ0) is 19.4. The van der Waals surface area contributed by atoms with Crippen LogP contribution in [0, 0.1) is 5.95 Å². The number of aromatic nitrogens is 1. The van der Waals surface area contributed by atoms with Gasteiger partial charge in [-0.1, -0.05) is 35.3 Å². The molecule has 0 radical (unpaired) electrons. The molecule has 27 heavy (non-hydrogen) atoms. The summed E-state index contributed by atoms with van der Waals surface area (Å²) in [5, 5.41) is 2.50. The van der Waals surface area contributed by atoms with Gasteiger partial charge in [-0.05, 0) is 30.3 Å². The standard InChI is InChI=1S/C19H17Cl2FN2O3/c1-25-17(9-23)27-16-8-5-11(24-19(16)22)10-26-15-4-2-3-13-12(15)6-7-14(20)18(13)21/h2-8,17H,9-10,23H2,1H3. The normalized spacial score (nSPS) is 12.2. The molecule has 1 unspecified atom stereocenters. The second-order valence-corrected chi connectivity index (χ2v) is 6.40. The molecule has 0 saturated heterocycles. The number of hydrogen-bond acceptors (Lipinski definition) is 5. The van der Waals surface area contributed by atoms with Gasteiger partial charge in [-0.25, -0.2) is 4.98 Å². The zero-order valence-electron chi connectivity index (χ0n) is 14.4. The predicted molar refractivity (Wildman–Crippen MR) is 103 cm³/mol. The molecule has 5 nitrogen and oxygen atoms in total. The molecule has 0 aliphatic rings. The molecule has 3 rings (SSSR count). The van der Waals surface area contributed by atoms with Crippen LogP contribution in [-0.4, -0.2) is 24.9 Å². The van der Waals surface area contributed by atoms with E-state index in [-0.39, 0.29) is 18.9 Å². The summed E-state index contributed by atoms with van der Waals surface area (Å²) >= 11 is 12.3. The number of methoxy groups -OCH3 is 1. The Morgan fingerprint density at radius 1 is 1.07 bits per heavy atom. The van der Waals surface area contributed by atoms with Crippen LogP contribution >= 0.6 is 23.2 Å². The Hall–Kier alpha value is -2.12. The lowest BCUT2D eigenvalue weighted by Crippen LogP contribution is -2.28. The highest BCUT2D eigenvalue weighted by molar-refractivity contribution is 6.45. The molecule has 1 aromatic heterocycles. The summed E-state index contributed by atoms with van der Waals surface area (Å²) in [6.45, 7) is 0.162. The van der Waals surface area contributed by atoms with E-state index in [0.717, 1.165) is 10.8 Å². The van der Waals surface area contributed by atoms with Crippen LogP contribution in [0.3, 0.4) is 0 Å². The van der Waals surface area contributed by atoms with Crippen LogP contribution in [0.2, 0.25) is 10.0 Å². The molecule has 0 bridgehead atoms. The van der Waals surface area contributed by atoms with Gasteiger partial charge in [-0.3, -0.25) is 0 Å². The number of ether oxygens (including phenoxy) is 3. The monoisotopic (exact) mass is 410 g/mol. The first-order valence-electron chi connectivity index (χ1n) is 8.08. The summed E-state index contributed by atoms with van der Waals surface area (Å²) in [6, 6.07) is 12.0. The molecule has 142 valence electrons. The molecule has 0 spiro atoms. The number of nitrogens with two attached hydrogens (primary N) is 1. The lowest BCUT2D eigenvalue weighted by molar-refractivity contribution is -0.0478. The van der Waals surface area contributed by atoms with Crippen LogP contribution in [-0.2, 0) is 11.3 Å². The molecular formula is C19H17Cl2FN2O3. The van der Waals surface area contributed by atoms with Gasteiger partial charge in [0.15, 0.2) is 5.75 Å². The fourth-order valence-electron chi connectivity index (χ4n) is 2.50. The molecule has 1 heterocycles. The Morgan fingerprint density at radius 3 is 2.59 bits per heavy atom. The summed E-state index contributed by atoms with van der Waals surface area (Å²) in [5.41, 5.74) is 5.86. The van der Waals surface area contributed by atoms with Crippen molar-refractivity contribution < 1.29 is 18.6 Å². The van der Waals surface area contributed by atoms with Crippen molar-refractivity contribution in [1.82, 2.24) is 4.98 Å². The van der Waals surface area contributed by atoms with Gasteiger partial charge in [0.2, 0.25) is 6.29 Å². The number of hydrogen-bond donors (Lipinski definition) is 1. The summed E-state index contributed by atoms with van der Waals surface area (Å²) in [6.07, 6.45) is -0.740. The van der Waals surface area contributed by atoms with E-state index in [0.29, 0.717) is 21.5 Å². The highest BCUT2D eigenvalue weighted by Gasteiger charge is 2.13. The number of fused-ring (bicyclic) bond motifs is 1. The number of halogens is 3. The highest BCUT2D eigenvalue weighted by Crippen LogP contribution is 2.35. The third-order valence-electron chi connectivity index (χ3n) is 3.87. The van der Waals surface area contributed by atoms with Gasteiger partial charge >= 0.3 is 0 Å². The van der Waals surface area contributed by atoms with Crippen molar-refractivity contribution in [3.8, 4) is 11.5 Å².